The number of benzene rings is 2. The molecular formula is C25H30N2O3. The number of ketones is 1. The van der Waals surface area contributed by atoms with E-state index >= 15 is 0 Å². The number of carbonyl (C=O) groups is 1. The minimum absolute atomic E-state index is 0.0433. The van der Waals surface area contributed by atoms with Crippen LogP contribution in [0.3, 0.4) is 0 Å². The van der Waals surface area contributed by atoms with Crippen LogP contribution in [0.15, 0.2) is 36.4 Å². The molecule has 0 atom stereocenters. The Hall–Kier alpha value is -2.37. The molecule has 3 aliphatic rings. The van der Waals surface area contributed by atoms with Crippen LogP contribution in [0.1, 0.15) is 41.6 Å². The lowest BCUT2D eigenvalue weighted by Gasteiger charge is -2.17. The number of ether oxygens (including phenoxy) is 2. The molecule has 5 rings (SSSR count). The van der Waals surface area contributed by atoms with Crippen molar-refractivity contribution >= 4 is 5.78 Å². The quantitative estimate of drug-likeness (QED) is 0.568. The van der Waals surface area contributed by atoms with Crippen molar-refractivity contribution in [3.8, 4) is 22.6 Å². The Morgan fingerprint density at radius 3 is 1.73 bits per heavy atom. The predicted octanol–water partition coefficient (Wildman–Crippen LogP) is 3.85. The Kier molecular flexibility index (Phi) is 5.73. The van der Waals surface area contributed by atoms with Crippen molar-refractivity contribution in [3.05, 3.63) is 47.5 Å². The lowest BCUT2D eigenvalue weighted by Crippen LogP contribution is -2.25. The first kappa shape index (κ1) is 19.6. The molecule has 0 N–H and O–H groups in total. The fraction of sp³-hybridized carbons (Fsp3) is 0.480. The molecule has 0 amide bonds. The largest absolute Gasteiger partial charge is 0.492 e. The highest BCUT2D eigenvalue weighted by atomic mass is 16.5. The minimum atomic E-state index is 0.0433. The number of rotatable bonds is 8. The Balaban J connectivity index is 1.33. The fourth-order valence-electron chi connectivity index (χ4n) is 4.93. The van der Waals surface area contributed by atoms with Crippen LogP contribution in [0.4, 0.5) is 0 Å². The van der Waals surface area contributed by atoms with Gasteiger partial charge in [0, 0.05) is 29.8 Å². The van der Waals surface area contributed by atoms with Gasteiger partial charge in [0.25, 0.3) is 0 Å². The molecular weight excluding hydrogens is 376 g/mol. The van der Waals surface area contributed by atoms with Crippen LogP contribution in [0.5, 0.6) is 11.5 Å². The number of likely N-dealkylation sites (tertiary alicyclic amines) is 2. The van der Waals surface area contributed by atoms with Crippen LogP contribution >= 0.6 is 0 Å². The van der Waals surface area contributed by atoms with Gasteiger partial charge in [0.1, 0.15) is 24.7 Å². The zero-order valence-electron chi connectivity index (χ0n) is 17.6. The summed E-state index contributed by atoms with van der Waals surface area (Å²) in [5, 5.41) is 0. The van der Waals surface area contributed by atoms with Gasteiger partial charge in [-0.3, -0.25) is 14.6 Å². The molecule has 2 aromatic rings. The van der Waals surface area contributed by atoms with Gasteiger partial charge in [-0.05, 0) is 64.0 Å². The first-order valence-electron chi connectivity index (χ1n) is 11.3. The summed E-state index contributed by atoms with van der Waals surface area (Å²) in [6.45, 7) is 7.73. The number of nitrogens with zero attached hydrogens (tertiary/aromatic N) is 2. The smallest absolute Gasteiger partial charge is 0.198 e. The highest BCUT2D eigenvalue weighted by molar-refractivity contribution is 6.24. The van der Waals surface area contributed by atoms with Crippen molar-refractivity contribution in [1.82, 2.24) is 9.80 Å². The summed E-state index contributed by atoms with van der Waals surface area (Å²) >= 11 is 0. The zero-order chi connectivity index (χ0) is 20.3. The van der Waals surface area contributed by atoms with E-state index in [9.17, 15) is 4.79 Å². The van der Waals surface area contributed by atoms with Crippen LogP contribution in [0.2, 0.25) is 0 Å². The van der Waals surface area contributed by atoms with Crippen molar-refractivity contribution < 1.29 is 14.3 Å². The minimum Gasteiger partial charge on any atom is -0.492 e. The molecule has 2 aliphatic heterocycles. The van der Waals surface area contributed by atoms with E-state index in [2.05, 4.69) is 9.80 Å². The molecule has 2 heterocycles. The first-order chi connectivity index (χ1) is 14.8. The molecule has 0 spiro atoms. The molecule has 2 fully saturated rings. The molecule has 5 nitrogen and oxygen atoms in total. The first-order valence-corrected chi connectivity index (χ1v) is 11.3. The molecule has 5 heteroatoms. The van der Waals surface area contributed by atoms with Crippen molar-refractivity contribution in [1.29, 1.82) is 0 Å². The van der Waals surface area contributed by atoms with Crippen LogP contribution in [-0.2, 0) is 0 Å². The molecule has 0 aromatic heterocycles. The third-order valence-corrected chi connectivity index (χ3v) is 6.52. The molecule has 0 bridgehead atoms. The maximum Gasteiger partial charge on any atom is 0.198 e. The van der Waals surface area contributed by atoms with Gasteiger partial charge in [-0.15, -0.1) is 0 Å². The van der Waals surface area contributed by atoms with E-state index in [0.717, 1.165) is 61.7 Å². The Labute approximate surface area is 178 Å². The van der Waals surface area contributed by atoms with Crippen LogP contribution < -0.4 is 9.47 Å². The Morgan fingerprint density at radius 1 is 0.667 bits per heavy atom. The van der Waals surface area contributed by atoms with Gasteiger partial charge in [0.2, 0.25) is 0 Å². The lowest BCUT2D eigenvalue weighted by molar-refractivity contribution is 0.103. The van der Waals surface area contributed by atoms with E-state index in [1.54, 1.807) is 0 Å². The lowest BCUT2D eigenvalue weighted by atomic mass is 10.0. The van der Waals surface area contributed by atoms with Gasteiger partial charge < -0.3 is 9.47 Å². The van der Waals surface area contributed by atoms with Gasteiger partial charge in [-0.2, -0.15) is 0 Å². The predicted molar refractivity (Wildman–Crippen MR) is 118 cm³/mol. The maximum atomic E-state index is 13.2. The molecule has 1 aliphatic carbocycles. The molecule has 158 valence electrons. The van der Waals surface area contributed by atoms with Gasteiger partial charge in [-0.25, -0.2) is 0 Å². The number of fused-ring (bicyclic) bond motifs is 3. The third-order valence-electron chi connectivity index (χ3n) is 6.52. The fourth-order valence-corrected chi connectivity index (χ4v) is 4.93. The Morgan fingerprint density at radius 2 is 1.17 bits per heavy atom. The summed E-state index contributed by atoms with van der Waals surface area (Å²) in [5.41, 5.74) is 3.26. The molecule has 30 heavy (non-hydrogen) atoms. The SMILES string of the molecule is O=C1c2cccc(OCCN3CCCC3)c2-c2cccc(OCCN3CCCC3)c21. The second-order valence-corrected chi connectivity index (χ2v) is 8.48. The van der Waals surface area contributed by atoms with Crippen molar-refractivity contribution in [2.75, 3.05) is 52.5 Å². The van der Waals surface area contributed by atoms with Crippen LogP contribution in [0.25, 0.3) is 11.1 Å². The highest BCUT2D eigenvalue weighted by Crippen LogP contribution is 2.45. The number of hydrogen-bond donors (Lipinski definition) is 0. The summed E-state index contributed by atoms with van der Waals surface area (Å²) < 4.78 is 12.3. The molecule has 0 unspecified atom stereocenters. The second kappa shape index (κ2) is 8.78. The molecule has 2 aromatic carbocycles. The van der Waals surface area contributed by atoms with Gasteiger partial charge in [0.15, 0.2) is 5.78 Å². The Bertz CT molecular complexity index is 915. The average Bonchev–Trinajstić information content (AvgIpc) is 3.51. The van der Waals surface area contributed by atoms with Crippen molar-refractivity contribution in [2.45, 2.75) is 25.7 Å². The second-order valence-electron chi connectivity index (χ2n) is 8.48. The molecule has 0 saturated carbocycles. The van der Waals surface area contributed by atoms with Gasteiger partial charge in [0.05, 0.1) is 5.56 Å². The summed E-state index contributed by atoms with van der Waals surface area (Å²) in [6.07, 6.45) is 5.11. The van der Waals surface area contributed by atoms with Crippen molar-refractivity contribution in [2.24, 2.45) is 0 Å². The topological polar surface area (TPSA) is 42.0 Å². The van der Waals surface area contributed by atoms with E-state index in [1.165, 1.54) is 25.7 Å². The summed E-state index contributed by atoms with van der Waals surface area (Å²) in [6, 6.07) is 11.7. The van der Waals surface area contributed by atoms with E-state index in [-0.39, 0.29) is 5.78 Å². The maximum absolute atomic E-state index is 13.2. The van der Waals surface area contributed by atoms with Gasteiger partial charge >= 0.3 is 0 Å². The zero-order valence-corrected chi connectivity index (χ0v) is 17.6. The standard InChI is InChI=1S/C25H30N2O3/c28-25-20-8-6-9-21(29-17-15-26-11-1-2-12-26)23(20)19-7-5-10-22(24(19)25)30-18-16-27-13-3-4-14-27/h5-10H,1-4,11-18H2. The normalized spacial score (nSPS) is 18.6. The van der Waals surface area contributed by atoms with Crippen LogP contribution in [-0.4, -0.2) is 68.1 Å². The van der Waals surface area contributed by atoms with E-state index in [0.29, 0.717) is 24.5 Å². The van der Waals surface area contributed by atoms with Gasteiger partial charge in [-0.1, -0.05) is 24.3 Å². The van der Waals surface area contributed by atoms with E-state index in [4.69, 9.17) is 9.47 Å². The van der Waals surface area contributed by atoms with E-state index < -0.39 is 0 Å². The van der Waals surface area contributed by atoms with E-state index in [1.807, 2.05) is 36.4 Å². The average molecular weight is 407 g/mol. The van der Waals surface area contributed by atoms with Crippen molar-refractivity contribution in [3.63, 3.8) is 0 Å². The summed E-state index contributed by atoms with van der Waals surface area (Å²) in [7, 11) is 0. The van der Waals surface area contributed by atoms with Crippen LogP contribution in [0, 0.1) is 0 Å². The monoisotopic (exact) mass is 406 g/mol. The number of hydrogen-bond acceptors (Lipinski definition) is 5. The molecule has 0 radical (unpaired) electrons. The summed E-state index contributed by atoms with van der Waals surface area (Å²) in [5.74, 6) is 1.53. The molecule has 2 saturated heterocycles. The number of carbonyl (C=O) groups excluding carboxylic acids is 1. The third kappa shape index (κ3) is 3.84. The highest BCUT2D eigenvalue weighted by Gasteiger charge is 2.32. The summed E-state index contributed by atoms with van der Waals surface area (Å²) in [4.78, 5) is 18.1.